The molecule has 0 aliphatic carbocycles. The zero-order valence-electron chi connectivity index (χ0n) is 10.7. The fourth-order valence-electron chi connectivity index (χ4n) is 1.84. The van der Waals surface area contributed by atoms with Crippen LogP contribution in [-0.2, 0) is 0 Å². The lowest BCUT2D eigenvalue weighted by Crippen LogP contribution is -2.06. The summed E-state index contributed by atoms with van der Waals surface area (Å²) in [6.45, 7) is 1.94. The number of aliphatic hydroxyl groups is 1. The smallest absolute Gasteiger partial charge is 0.362 e. The Labute approximate surface area is 118 Å². The van der Waals surface area contributed by atoms with Crippen molar-refractivity contribution < 1.29 is 9.52 Å². The van der Waals surface area contributed by atoms with E-state index < -0.39 is 5.63 Å². The second-order valence-corrected chi connectivity index (χ2v) is 5.31. The van der Waals surface area contributed by atoms with E-state index in [2.05, 4.69) is 4.98 Å². The molecular formula is C15H11NO3S. The van der Waals surface area contributed by atoms with Crippen LogP contribution in [0.25, 0.3) is 22.9 Å². The van der Waals surface area contributed by atoms with Gasteiger partial charge in [-0.15, -0.1) is 11.3 Å². The Bertz CT molecular complexity index is 847. The highest BCUT2D eigenvalue weighted by atomic mass is 32.1. The molecule has 0 aliphatic rings. The van der Waals surface area contributed by atoms with Crippen LogP contribution in [-0.4, -0.2) is 10.1 Å². The molecular weight excluding hydrogens is 274 g/mol. The Kier molecular flexibility index (Phi) is 3.12. The standard InChI is InChI=1S/C15H11NO3S/c1-9-4-5-13-10(7-9)16-11(15(18)19-13)8-12(17)14-3-2-6-20-14/h2-8,17H,1H3. The summed E-state index contributed by atoms with van der Waals surface area (Å²) in [6.07, 6.45) is 1.33. The van der Waals surface area contributed by atoms with E-state index in [-0.39, 0.29) is 11.5 Å². The SMILES string of the molecule is Cc1ccc2oc(=O)c(C=C(O)c3cccs3)nc2c1. The van der Waals surface area contributed by atoms with Gasteiger partial charge in [0.05, 0.1) is 4.88 Å². The van der Waals surface area contributed by atoms with Gasteiger partial charge in [-0.05, 0) is 36.1 Å². The molecule has 2 aromatic heterocycles. The molecule has 5 heteroatoms. The molecule has 3 rings (SSSR count). The summed E-state index contributed by atoms with van der Waals surface area (Å²) in [5, 5.41) is 11.8. The zero-order valence-corrected chi connectivity index (χ0v) is 11.5. The summed E-state index contributed by atoms with van der Waals surface area (Å²) >= 11 is 1.38. The maximum absolute atomic E-state index is 11.8. The van der Waals surface area contributed by atoms with Gasteiger partial charge >= 0.3 is 5.63 Å². The molecule has 4 nitrogen and oxygen atoms in total. The molecule has 1 N–H and O–H groups in total. The summed E-state index contributed by atoms with van der Waals surface area (Å²) in [6, 6.07) is 8.99. The lowest BCUT2D eigenvalue weighted by molar-refractivity contribution is 0.516. The van der Waals surface area contributed by atoms with E-state index in [9.17, 15) is 9.90 Å². The topological polar surface area (TPSA) is 63.3 Å². The number of benzene rings is 1. The highest BCUT2D eigenvalue weighted by Gasteiger charge is 2.08. The summed E-state index contributed by atoms with van der Waals surface area (Å²) in [5.74, 6) is 0.00630. The van der Waals surface area contributed by atoms with Crippen LogP contribution in [0.1, 0.15) is 16.1 Å². The third kappa shape index (κ3) is 2.35. The van der Waals surface area contributed by atoms with Crippen molar-refractivity contribution in [3.63, 3.8) is 0 Å². The fourth-order valence-corrected chi connectivity index (χ4v) is 2.49. The van der Waals surface area contributed by atoms with Crippen molar-refractivity contribution in [3.8, 4) is 0 Å². The van der Waals surface area contributed by atoms with Gasteiger partial charge in [0, 0.05) is 6.08 Å². The molecule has 0 fully saturated rings. The normalized spacial score (nSPS) is 11.9. The number of aryl methyl sites for hydroxylation is 1. The number of fused-ring (bicyclic) bond motifs is 1. The van der Waals surface area contributed by atoms with Gasteiger partial charge in [0.1, 0.15) is 11.3 Å². The van der Waals surface area contributed by atoms with Crippen LogP contribution in [0.15, 0.2) is 44.9 Å². The fraction of sp³-hybridized carbons (Fsp3) is 0.0667. The van der Waals surface area contributed by atoms with Crippen LogP contribution in [0, 0.1) is 6.92 Å². The van der Waals surface area contributed by atoms with E-state index in [4.69, 9.17) is 4.42 Å². The molecule has 0 unspecified atom stereocenters. The Morgan fingerprint density at radius 1 is 1.40 bits per heavy atom. The number of nitrogens with zero attached hydrogens (tertiary/aromatic N) is 1. The molecule has 0 bridgehead atoms. The van der Waals surface area contributed by atoms with Crippen molar-refractivity contribution >= 4 is 34.3 Å². The second-order valence-electron chi connectivity index (χ2n) is 4.36. The van der Waals surface area contributed by atoms with E-state index in [0.29, 0.717) is 16.0 Å². The minimum absolute atomic E-state index is 0.00630. The maximum atomic E-state index is 11.8. The molecule has 0 amide bonds. The van der Waals surface area contributed by atoms with Gasteiger partial charge in [0.25, 0.3) is 0 Å². The molecule has 2 heterocycles. The molecule has 0 aliphatic heterocycles. The zero-order chi connectivity index (χ0) is 14.1. The predicted molar refractivity (Wildman–Crippen MR) is 79.8 cm³/mol. The van der Waals surface area contributed by atoms with E-state index in [1.807, 2.05) is 30.5 Å². The van der Waals surface area contributed by atoms with Crippen LogP contribution in [0.3, 0.4) is 0 Å². The van der Waals surface area contributed by atoms with E-state index in [1.54, 1.807) is 12.1 Å². The van der Waals surface area contributed by atoms with Gasteiger partial charge in [-0.1, -0.05) is 12.1 Å². The molecule has 3 aromatic rings. The van der Waals surface area contributed by atoms with Crippen molar-refractivity contribution in [3.05, 3.63) is 62.3 Å². The van der Waals surface area contributed by atoms with Crippen LogP contribution in [0.4, 0.5) is 0 Å². The van der Waals surface area contributed by atoms with Gasteiger partial charge in [-0.3, -0.25) is 0 Å². The van der Waals surface area contributed by atoms with Crippen LogP contribution in [0.5, 0.6) is 0 Å². The largest absolute Gasteiger partial charge is 0.506 e. The van der Waals surface area contributed by atoms with Crippen molar-refractivity contribution in [1.29, 1.82) is 0 Å². The van der Waals surface area contributed by atoms with Crippen LogP contribution >= 0.6 is 11.3 Å². The summed E-state index contributed by atoms with van der Waals surface area (Å²) < 4.78 is 5.20. The Hall–Kier alpha value is -2.40. The predicted octanol–water partition coefficient (Wildman–Crippen LogP) is 3.61. The van der Waals surface area contributed by atoms with E-state index in [0.717, 1.165) is 5.56 Å². The van der Waals surface area contributed by atoms with E-state index >= 15 is 0 Å². The van der Waals surface area contributed by atoms with Crippen molar-refractivity contribution in [2.45, 2.75) is 6.92 Å². The first-order valence-corrected chi connectivity index (χ1v) is 6.87. The molecule has 0 saturated heterocycles. The number of aromatic nitrogens is 1. The molecule has 0 saturated carbocycles. The lowest BCUT2D eigenvalue weighted by atomic mass is 10.2. The van der Waals surface area contributed by atoms with Gasteiger partial charge in [-0.25, -0.2) is 9.78 Å². The minimum atomic E-state index is -0.565. The van der Waals surface area contributed by atoms with Gasteiger partial charge < -0.3 is 9.52 Å². The second kappa shape index (κ2) is 4.94. The van der Waals surface area contributed by atoms with Gasteiger partial charge in [0.2, 0.25) is 0 Å². The van der Waals surface area contributed by atoms with Crippen molar-refractivity contribution in [2.24, 2.45) is 0 Å². The Balaban J connectivity index is 2.14. The molecule has 20 heavy (non-hydrogen) atoms. The lowest BCUT2D eigenvalue weighted by Gasteiger charge is -2.00. The third-order valence-corrected chi connectivity index (χ3v) is 3.71. The quantitative estimate of drug-likeness (QED) is 0.730. The van der Waals surface area contributed by atoms with Gasteiger partial charge in [0.15, 0.2) is 11.3 Å². The first-order chi connectivity index (χ1) is 9.63. The average Bonchev–Trinajstić information content (AvgIpc) is 2.94. The molecule has 1 aromatic carbocycles. The first kappa shape index (κ1) is 12.6. The third-order valence-electron chi connectivity index (χ3n) is 2.81. The van der Waals surface area contributed by atoms with Crippen molar-refractivity contribution in [2.75, 3.05) is 0 Å². The Morgan fingerprint density at radius 2 is 2.25 bits per heavy atom. The molecule has 0 spiro atoms. The Morgan fingerprint density at radius 3 is 3.00 bits per heavy atom. The highest BCUT2D eigenvalue weighted by Crippen LogP contribution is 2.20. The summed E-state index contributed by atoms with van der Waals surface area (Å²) in [7, 11) is 0. The number of hydrogen-bond acceptors (Lipinski definition) is 5. The van der Waals surface area contributed by atoms with E-state index in [1.165, 1.54) is 17.4 Å². The van der Waals surface area contributed by atoms with Gasteiger partial charge in [-0.2, -0.15) is 0 Å². The summed E-state index contributed by atoms with van der Waals surface area (Å²) in [4.78, 5) is 16.8. The molecule has 0 atom stereocenters. The van der Waals surface area contributed by atoms with Crippen LogP contribution in [0.2, 0.25) is 0 Å². The molecule has 100 valence electrons. The van der Waals surface area contributed by atoms with Crippen molar-refractivity contribution in [1.82, 2.24) is 4.98 Å². The highest BCUT2D eigenvalue weighted by molar-refractivity contribution is 7.11. The number of aliphatic hydroxyl groups excluding tert-OH is 1. The maximum Gasteiger partial charge on any atom is 0.362 e. The first-order valence-electron chi connectivity index (χ1n) is 5.99. The number of rotatable bonds is 2. The minimum Gasteiger partial charge on any atom is -0.506 e. The van der Waals surface area contributed by atoms with Crippen LogP contribution < -0.4 is 5.63 Å². The summed E-state index contributed by atoms with van der Waals surface area (Å²) in [5.41, 5.74) is 1.58. The molecule has 0 radical (unpaired) electrons. The number of hydrogen-bond donors (Lipinski definition) is 1. The monoisotopic (exact) mass is 285 g/mol. The average molecular weight is 285 g/mol. The number of thiophene rings is 1.